The highest BCUT2D eigenvalue weighted by Crippen LogP contribution is 2.20. The van der Waals surface area contributed by atoms with E-state index in [9.17, 15) is 8.42 Å². The van der Waals surface area contributed by atoms with Crippen molar-refractivity contribution in [2.75, 3.05) is 0 Å². The Hall–Kier alpha value is -0.870. The molecule has 78 valence electrons. The van der Waals surface area contributed by atoms with Crippen molar-refractivity contribution in [3.05, 3.63) is 35.9 Å². The van der Waals surface area contributed by atoms with E-state index in [1.165, 1.54) is 0 Å². The smallest absolute Gasteiger partial charge is 0.172 e. The first kappa shape index (κ1) is 11.2. The molecule has 1 unspecified atom stereocenters. The van der Waals surface area contributed by atoms with Crippen LogP contribution in [0.4, 0.5) is 0 Å². The molecule has 14 heavy (non-hydrogen) atoms. The van der Waals surface area contributed by atoms with Crippen LogP contribution in [0.3, 0.4) is 0 Å². The molecule has 4 heteroatoms. The second-order valence-corrected chi connectivity index (χ2v) is 6.10. The molecule has 0 aliphatic heterocycles. The van der Waals surface area contributed by atoms with Crippen molar-refractivity contribution in [3.8, 4) is 0 Å². The normalized spacial score (nSPS) is 14.3. The molecule has 0 radical (unpaired) electrons. The van der Waals surface area contributed by atoms with Gasteiger partial charge in [-0.1, -0.05) is 30.3 Å². The van der Waals surface area contributed by atoms with E-state index in [1.807, 2.05) is 6.07 Å². The van der Waals surface area contributed by atoms with Crippen LogP contribution in [-0.4, -0.2) is 13.7 Å². The van der Waals surface area contributed by atoms with E-state index in [1.54, 1.807) is 38.1 Å². The summed E-state index contributed by atoms with van der Waals surface area (Å²) in [5.74, 6) is 0. The standard InChI is InChI=1S/C10H15NO2S/c1-8(2)14(12,13)10(11)9-6-4-3-5-7-9/h3-8,10H,11H2,1-2H3. The van der Waals surface area contributed by atoms with Crippen molar-refractivity contribution < 1.29 is 8.42 Å². The minimum atomic E-state index is -3.25. The van der Waals surface area contributed by atoms with E-state index >= 15 is 0 Å². The van der Waals surface area contributed by atoms with Crippen molar-refractivity contribution in [3.63, 3.8) is 0 Å². The van der Waals surface area contributed by atoms with Gasteiger partial charge < -0.3 is 5.73 Å². The van der Waals surface area contributed by atoms with Crippen LogP contribution >= 0.6 is 0 Å². The van der Waals surface area contributed by atoms with Crippen molar-refractivity contribution in [1.82, 2.24) is 0 Å². The van der Waals surface area contributed by atoms with Gasteiger partial charge in [0.15, 0.2) is 9.84 Å². The molecule has 3 nitrogen and oxygen atoms in total. The number of rotatable bonds is 3. The first-order chi connectivity index (χ1) is 6.46. The zero-order valence-electron chi connectivity index (χ0n) is 8.34. The quantitative estimate of drug-likeness (QED) is 0.827. The van der Waals surface area contributed by atoms with Crippen LogP contribution in [0.5, 0.6) is 0 Å². The molecule has 0 saturated heterocycles. The van der Waals surface area contributed by atoms with Crippen LogP contribution in [0, 0.1) is 0 Å². The Balaban J connectivity index is 3.03. The lowest BCUT2D eigenvalue weighted by atomic mass is 10.2. The summed E-state index contributed by atoms with van der Waals surface area (Å²) in [6, 6.07) is 8.85. The van der Waals surface area contributed by atoms with Gasteiger partial charge in [-0.3, -0.25) is 0 Å². The monoisotopic (exact) mass is 213 g/mol. The van der Waals surface area contributed by atoms with E-state index in [4.69, 9.17) is 5.73 Å². The van der Waals surface area contributed by atoms with E-state index in [2.05, 4.69) is 0 Å². The Morgan fingerprint density at radius 1 is 1.14 bits per heavy atom. The molecule has 2 N–H and O–H groups in total. The molecule has 1 rings (SSSR count). The lowest BCUT2D eigenvalue weighted by Crippen LogP contribution is -2.28. The van der Waals surface area contributed by atoms with Crippen LogP contribution in [0.2, 0.25) is 0 Å². The Kier molecular flexibility index (Phi) is 3.29. The highest BCUT2D eigenvalue weighted by atomic mass is 32.2. The van der Waals surface area contributed by atoms with Gasteiger partial charge in [-0.05, 0) is 19.4 Å². The average Bonchev–Trinajstić information content (AvgIpc) is 2.17. The largest absolute Gasteiger partial charge is 0.311 e. The summed E-state index contributed by atoms with van der Waals surface area (Å²) >= 11 is 0. The van der Waals surface area contributed by atoms with Crippen LogP contribution < -0.4 is 5.73 Å². The minimum absolute atomic E-state index is 0.447. The second-order valence-electron chi connectivity index (χ2n) is 3.47. The number of nitrogens with two attached hydrogens (primary N) is 1. The molecule has 0 spiro atoms. The fourth-order valence-electron chi connectivity index (χ4n) is 1.13. The number of hydrogen-bond donors (Lipinski definition) is 1. The fourth-order valence-corrected chi connectivity index (χ4v) is 2.25. The number of hydrogen-bond acceptors (Lipinski definition) is 3. The van der Waals surface area contributed by atoms with Crippen molar-refractivity contribution in [2.45, 2.75) is 24.5 Å². The summed E-state index contributed by atoms with van der Waals surface area (Å²) in [4.78, 5) is 0. The van der Waals surface area contributed by atoms with Crippen LogP contribution in [-0.2, 0) is 9.84 Å². The van der Waals surface area contributed by atoms with Gasteiger partial charge in [0.25, 0.3) is 0 Å². The summed E-state index contributed by atoms with van der Waals surface area (Å²) in [5.41, 5.74) is 6.33. The van der Waals surface area contributed by atoms with Crippen LogP contribution in [0.1, 0.15) is 24.8 Å². The summed E-state index contributed by atoms with van der Waals surface area (Å²) in [6.07, 6.45) is 0. The Morgan fingerprint density at radius 2 is 1.64 bits per heavy atom. The van der Waals surface area contributed by atoms with Crippen molar-refractivity contribution in [2.24, 2.45) is 5.73 Å². The van der Waals surface area contributed by atoms with Gasteiger partial charge in [0.1, 0.15) is 5.37 Å². The van der Waals surface area contributed by atoms with Gasteiger partial charge >= 0.3 is 0 Å². The SMILES string of the molecule is CC(C)S(=O)(=O)C(N)c1ccccc1. The molecular formula is C10H15NO2S. The fraction of sp³-hybridized carbons (Fsp3) is 0.400. The van der Waals surface area contributed by atoms with E-state index in [0.29, 0.717) is 5.56 Å². The lowest BCUT2D eigenvalue weighted by molar-refractivity contribution is 0.574. The number of sulfone groups is 1. The highest BCUT2D eigenvalue weighted by molar-refractivity contribution is 7.92. The zero-order chi connectivity index (χ0) is 10.8. The molecule has 0 aliphatic carbocycles. The zero-order valence-corrected chi connectivity index (χ0v) is 9.16. The maximum atomic E-state index is 11.7. The summed E-state index contributed by atoms with van der Waals surface area (Å²) < 4.78 is 23.4. The molecule has 0 bridgehead atoms. The molecule has 0 amide bonds. The maximum absolute atomic E-state index is 11.7. The Bertz CT molecular complexity index is 384. The molecule has 1 aromatic carbocycles. The van der Waals surface area contributed by atoms with Gasteiger partial charge in [0.2, 0.25) is 0 Å². The summed E-state index contributed by atoms with van der Waals surface area (Å²) in [6.45, 7) is 3.27. The molecule has 1 aromatic rings. The van der Waals surface area contributed by atoms with Gasteiger partial charge in [-0.2, -0.15) is 0 Å². The van der Waals surface area contributed by atoms with Crippen molar-refractivity contribution in [1.29, 1.82) is 0 Å². The molecule has 1 atom stereocenters. The Labute approximate surface area is 84.9 Å². The molecular weight excluding hydrogens is 198 g/mol. The molecule has 0 aliphatic rings. The lowest BCUT2D eigenvalue weighted by Gasteiger charge is -2.15. The third kappa shape index (κ3) is 2.13. The van der Waals surface area contributed by atoms with Gasteiger partial charge in [0.05, 0.1) is 5.25 Å². The highest BCUT2D eigenvalue weighted by Gasteiger charge is 2.26. The summed E-state index contributed by atoms with van der Waals surface area (Å²) in [5, 5.41) is -1.36. The van der Waals surface area contributed by atoms with Crippen molar-refractivity contribution >= 4 is 9.84 Å². The average molecular weight is 213 g/mol. The third-order valence-corrected chi connectivity index (χ3v) is 4.43. The van der Waals surface area contributed by atoms with Crippen LogP contribution in [0.25, 0.3) is 0 Å². The second kappa shape index (κ2) is 4.11. The van der Waals surface area contributed by atoms with E-state index in [0.717, 1.165) is 0 Å². The topological polar surface area (TPSA) is 60.2 Å². The molecule has 0 saturated carbocycles. The van der Waals surface area contributed by atoms with Gasteiger partial charge in [-0.25, -0.2) is 8.42 Å². The minimum Gasteiger partial charge on any atom is -0.311 e. The maximum Gasteiger partial charge on any atom is 0.172 e. The third-order valence-electron chi connectivity index (χ3n) is 2.14. The van der Waals surface area contributed by atoms with Gasteiger partial charge in [0, 0.05) is 0 Å². The predicted molar refractivity (Wildman–Crippen MR) is 57.4 cm³/mol. The number of benzene rings is 1. The first-order valence-electron chi connectivity index (χ1n) is 4.49. The molecule has 0 aromatic heterocycles. The summed E-state index contributed by atoms with van der Waals surface area (Å²) in [7, 11) is -3.25. The van der Waals surface area contributed by atoms with Crippen LogP contribution in [0.15, 0.2) is 30.3 Å². The first-order valence-corrected chi connectivity index (χ1v) is 6.10. The molecule has 0 fully saturated rings. The molecule has 0 heterocycles. The van der Waals surface area contributed by atoms with E-state index < -0.39 is 20.5 Å². The predicted octanol–water partition coefficient (Wildman–Crippen LogP) is 1.47. The van der Waals surface area contributed by atoms with E-state index in [-0.39, 0.29) is 0 Å². The Morgan fingerprint density at radius 3 is 2.07 bits per heavy atom. The van der Waals surface area contributed by atoms with Gasteiger partial charge in [-0.15, -0.1) is 0 Å².